The van der Waals surface area contributed by atoms with E-state index in [0.29, 0.717) is 31.5 Å². The van der Waals surface area contributed by atoms with Gasteiger partial charge in [0.2, 0.25) is 23.6 Å². The van der Waals surface area contributed by atoms with Crippen molar-refractivity contribution in [3.05, 3.63) is 18.2 Å². The number of hydrogen-bond donors (Lipinski definition) is 6. The van der Waals surface area contributed by atoms with E-state index in [9.17, 15) is 29.1 Å². The number of aliphatic carboxylic acids is 1. The van der Waals surface area contributed by atoms with Crippen LogP contribution in [0.2, 0.25) is 0 Å². The number of rotatable bonds is 13. The quantitative estimate of drug-likeness (QED) is 0.192. The van der Waals surface area contributed by atoms with Crippen LogP contribution in [0, 0.1) is 5.92 Å². The van der Waals surface area contributed by atoms with Crippen LogP contribution < -0.4 is 22.1 Å². The van der Waals surface area contributed by atoms with E-state index in [0.717, 1.165) is 0 Å². The maximum atomic E-state index is 13.4. The Bertz CT molecular complexity index is 906. The molecule has 194 valence electrons. The Morgan fingerprint density at radius 3 is 2.57 bits per heavy atom. The van der Waals surface area contributed by atoms with Gasteiger partial charge in [-0.2, -0.15) is 0 Å². The number of carbonyl (C=O) groups is 5. The first kappa shape index (κ1) is 27.8. The van der Waals surface area contributed by atoms with E-state index < -0.39 is 53.8 Å². The van der Waals surface area contributed by atoms with E-state index in [1.54, 1.807) is 6.92 Å². The zero-order valence-corrected chi connectivity index (χ0v) is 20.0. The summed E-state index contributed by atoms with van der Waals surface area (Å²) >= 11 is 0. The highest BCUT2D eigenvalue weighted by molar-refractivity contribution is 5.94. The molecule has 13 nitrogen and oxygen atoms in total. The molecule has 0 bridgehead atoms. The number of nitrogens with zero attached hydrogens (tertiary/aromatic N) is 2. The standard InChI is InChI=1S/C22H35N7O6/c1-3-12(2)18(28-19(31)14(23)6-7-17(24)30)21(33)29-8-4-5-16(29)20(32)27-15(22(34)35)9-13-10-25-11-26-13/h10-12,14-16,18H,3-9,23H2,1-2H3,(H2,24,30)(H,25,26)(H,27,32)(H,28,31)(H,34,35). The molecule has 0 spiro atoms. The Hall–Kier alpha value is -3.48. The van der Waals surface area contributed by atoms with Crippen LogP contribution in [0.1, 0.15) is 51.6 Å². The molecular weight excluding hydrogens is 458 g/mol. The number of imidazole rings is 1. The van der Waals surface area contributed by atoms with Gasteiger partial charge in [-0.25, -0.2) is 9.78 Å². The van der Waals surface area contributed by atoms with Crippen molar-refractivity contribution in [3.63, 3.8) is 0 Å². The number of carbonyl (C=O) groups excluding carboxylic acids is 4. The van der Waals surface area contributed by atoms with Crippen molar-refractivity contribution in [2.24, 2.45) is 17.4 Å². The van der Waals surface area contributed by atoms with E-state index in [4.69, 9.17) is 11.5 Å². The smallest absolute Gasteiger partial charge is 0.326 e. The fourth-order valence-corrected chi connectivity index (χ4v) is 3.94. The van der Waals surface area contributed by atoms with Gasteiger partial charge in [0.05, 0.1) is 12.4 Å². The first-order chi connectivity index (χ1) is 16.5. The number of likely N-dealkylation sites (tertiary alicyclic amines) is 1. The second-order valence-electron chi connectivity index (χ2n) is 8.85. The SMILES string of the molecule is CCC(C)C(NC(=O)C(N)CCC(N)=O)C(=O)N1CCCC1C(=O)NC(Cc1cnc[nH]1)C(=O)O. The molecule has 1 fully saturated rings. The monoisotopic (exact) mass is 493 g/mol. The fraction of sp³-hybridized carbons (Fsp3) is 0.636. The molecule has 0 saturated carbocycles. The second kappa shape index (κ2) is 12.8. The number of nitrogens with two attached hydrogens (primary N) is 2. The van der Waals surface area contributed by atoms with E-state index in [1.165, 1.54) is 17.4 Å². The molecule has 5 unspecified atom stereocenters. The third-order valence-electron chi connectivity index (χ3n) is 6.25. The van der Waals surface area contributed by atoms with Gasteiger partial charge in [-0.05, 0) is 25.2 Å². The van der Waals surface area contributed by atoms with Crippen molar-refractivity contribution in [3.8, 4) is 0 Å². The van der Waals surface area contributed by atoms with Gasteiger partial charge in [-0.1, -0.05) is 20.3 Å². The molecule has 1 aliphatic heterocycles. The number of H-pyrrole nitrogens is 1. The summed E-state index contributed by atoms with van der Waals surface area (Å²) in [6.07, 6.45) is 4.38. The Kier molecular flexibility index (Phi) is 10.2. The Labute approximate surface area is 203 Å². The van der Waals surface area contributed by atoms with Gasteiger partial charge in [0.1, 0.15) is 18.1 Å². The van der Waals surface area contributed by atoms with Crippen LogP contribution in [0.15, 0.2) is 12.5 Å². The molecule has 8 N–H and O–H groups in total. The van der Waals surface area contributed by atoms with Crippen LogP contribution in [0.25, 0.3) is 0 Å². The van der Waals surface area contributed by atoms with Crippen molar-refractivity contribution < 1.29 is 29.1 Å². The minimum Gasteiger partial charge on any atom is -0.480 e. The topological polar surface area (TPSA) is 214 Å². The van der Waals surface area contributed by atoms with Crippen LogP contribution in [0.4, 0.5) is 0 Å². The van der Waals surface area contributed by atoms with Crippen molar-refractivity contribution in [2.45, 2.75) is 76.5 Å². The second-order valence-corrected chi connectivity index (χ2v) is 8.85. The molecule has 0 aliphatic carbocycles. The van der Waals surface area contributed by atoms with Crippen LogP contribution in [0.3, 0.4) is 0 Å². The van der Waals surface area contributed by atoms with Gasteiger partial charge in [0, 0.05) is 31.3 Å². The third-order valence-corrected chi connectivity index (χ3v) is 6.25. The zero-order valence-electron chi connectivity index (χ0n) is 20.0. The van der Waals surface area contributed by atoms with Crippen molar-refractivity contribution >= 4 is 29.6 Å². The van der Waals surface area contributed by atoms with Crippen molar-refractivity contribution in [2.75, 3.05) is 6.54 Å². The maximum Gasteiger partial charge on any atom is 0.326 e. The molecule has 13 heteroatoms. The molecule has 1 aromatic rings. The van der Waals surface area contributed by atoms with Crippen LogP contribution >= 0.6 is 0 Å². The molecule has 35 heavy (non-hydrogen) atoms. The van der Waals surface area contributed by atoms with Crippen molar-refractivity contribution in [1.29, 1.82) is 0 Å². The maximum absolute atomic E-state index is 13.4. The molecule has 5 atom stereocenters. The number of nitrogens with one attached hydrogen (secondary N) is 3. The summed E-state index contributed by atoms with van der Waals surface area (Å²) in [5, 5.41) is 14.7. The highest BCUT2D eigenvalue weighted by Gasteiger charge is 2.40. The fourth-order valence-electron chi connectivity index (χ4n) is 3.94. The molecule has 4 amide bonds. The van der Waals surface area contributed by atoms with E-state index >= 15 is 0 Å². The lowest BCUT2D eigenvalue weighted by Crippen LogP contribution is -2.58. The Morgan fingerprint density at radius 1 is 1.29 bits per heavy atom. The molecular formula is C22H35N7O6. The predicted octanol–water partition coefficient (Wildman–Crippen LogP) is -1.36. The summed E-state index contributed by atoms with van der Waals surface area (Å²) in [6, 6.07) is -4.01. The number of hydrogen-bond acceptors (Lipinski definition) is 7. The molecule has 2 heterocycles. The summed E-state index contributed by atoms with van der Waals surface area (Å²) in [4.78, 5) is 69.7. The third kappa shape index (κ3) is 7.77. The highest BCUT2D eigenvalue weighted by Crippen LogP contribution is 2.22. The van der Waals surface area contributed by atoms with E-state index in [-0.39, 0.29) is 25.2 Å². The normalized spacial score (nSPS) is 18.8. The first-order valence-corrected chi connectivity index (χ1v) is 11.7. The van der Waals surface area contributed by atoms with Gasteiger partial charge in [0.15, 0.2) is 0 Å². The zero-order chi connectivity index (χ0) is 26.1. The predicted molar refractivity (Wildman–Crippen MR) is 124 cm³/mol. The molecule has 1 saturated heterocycles. The summed E-state index contributed by atoms with van der Waals surface area (Å²) in [6.45, 7) is 3.96. The lowest BCUT2D eigenvalue weighted by Gasteiger charge is -2.32. The van der Waals surface area contributed by atoms with Crippen LogP contribution in [0.5, 0.6) is 0 Å². The molecule has 0 radical (unpaired) electrons. The largest absolute Gasteiger partial charge is 0.480 e. The van der Waals surface area contributed by atoms with Gasteiger partial charge in [-0.15, -0.1) is 0 Å². The van der Waals surface area contributed by atoms with Gasteiger partial charge >= 0.3 is 5.97 Å². The lowest BCUT2D eigenvalue weighted by atomic mass is 9.96. The average Bonchev–Trinajstić information content (AvgIpc) is 3.51. The Balaban J connectivity index is 2.11. The van der Waals surface area contributed by atoms with Gasteiger partial charge in [-0.3, -0.25) is 19.2 Å². The van der Waals surface area contributed by atoms with Crippen LogP contribution in [-0.4, -0.2) is 80.3 Å². The summed E-state index contributed by atoms with van der Waals surface area (Å²) < 4.78 is 0. The lowest BCUT2D eigenvalue weighted by molar-refractivity contribution is -0.145. The minimum absolute atomic E-state index is 0.0104. The molecule has 1 aliphatic rings. The Morgan fingerprint density at radius 2 is 2.00 bits per heavy atom. The van der Waals surface area contributed by atoms with Crippen molar-refractivity contribution in [1.82, 2.24) is 25.5 Å². The number of carboxylic acid groups (broad SMARTS) is 1. The van der Waals surface area contributed by atoms with E-state index in [1.807, 2.05) is 6.92 Å². The summed E-state index contributed by atoms with van der Waals surface area (Å²) in [7, 11) is 0. The number of carboxylic acids is 1. The molecule has 2 rings (SSSR count). The molecule has 0 aromatic carbocycles. The minimum atomic E-state index is -1.21. The first-order valence-electron chi connectivity index (χ1n) is 11.7. The highest BCUT2D eigenvalue weighted by atomic mass is 16.4. The number of amides is 4. The van der Waals surface area contributed by atoms with Crippen LogP contribution in [-0.2, 0) is 30.4 Å². The number of aromatic amines is 1. The van der Waals surface area contributed by atoms with Gasteiger partial charge in [0.25, 0.3) is 0 Å². The molecule has 1 aromatic heterocycles. The van der Waals surface area contributed by atoms with Gasteiger partial charge < -0.3 is 37.1 Å². The number of aromatic nitrogens is 2. The van der Waals surface area contributed by atoms with E-state index in [2.05, 4.69) is 20.6 Å². The summed E-state index contributed by atoms with van der Waals surface area (Å²) in [5.74, 6) is -3.65. The summed E-state index contributed by atoms with van der Waals surface area (Å²) in [5.41, 5.74) is 11.5. The number of primary amides is 1. The average molecular weight is 494 g/mol.